The van der Waals surface area contributed by atoms with Crippen molar-refractivity contribution >= 4 is 21.6 Å². The predicted octanol–water partition coefficient (Wildman–Crippen LogP) is 1.26. The second-order valence-corrected chi connectivity index (χ2v) is 8.54. The second-order valence-electron chi connectivity index (χ2n) is 6.33. The number of nitrogens with one attached hydrogen (secondary N) is 1. The van der Waals surface area contributed by atoms with Gasteiger partial charge >= 0.3 is 0 Å². The van der Waals surface area contributed by atoms with Gasteiger partial charge in [-0.25, -0.2) is 17.1 Å². The van der Waals surface area contributed by atoms with Gasteiger partial charge in [-0.3, -0.25) is 9.69 Å². The van der Waals surface area contributed by atoms with Gasteiger partial charge in [0.2, 0.25) is 15.9 Å². The lowest BCUT2D eigenvalue weighted by molar-refractivity contribution is -0.117. The maximum atomic E-state index is 12.9. The number of halogens is 1. The molecule has 3 rings (SSSR count). The molecule has 24 heavy (non-hydrogen) atoms. The van der Waals surface area contributed by atoms with Gasteiger partial charge in [0.05, 0.1) is 11.8 Å². The van der Waals surface area contributed by atoms with Gasteiger partial charge in [-0.15, -0.1) is 0 Å². The van der Waals surface area contributed by atoms with Crippen molar-refractivity contribution in [3.63, 3.8) is 0 Å². The lowest BCUT2D eigenvalue weighted by Gasteiger charge is -2.21. The molecule has 1 aliphatic heterocycles. The summed E-state index contributed by atoms with van der Waals surface area (Å²) in [5.41, 5.74) is 0.550. The zero-order valence-corrected chi connectivity index (χ0v) is 14.3. The van der Waals surface area contributed by atoms with E-state index in [1.165, 1.54) is 24.3 Å². The van der Waals surface area contributed by atoms with E-state index in [1.807, 2.05) is 4.90 Å². The van der Waals surface area contributed by atoms with Crippen LogP contribution < -0.4 is 5.32 Å². The molecule has 0 bridgehead atoms. The standard InChI is InChI=1S/C16H22FN3O3S/c17-13-2-4-14(5-3-13)18-16(21)12-19-8-1-9-20(11-10-19)24(22,23)15-6-7-15/h2-5,15H,1,6-12H2,(H,18,21). The summed E-state index contributed by atoms with van der Waals surface area (Å²) in [5, 5.41) is 2.54. The van der Waals surface area contributed by atoms with Gasteiger partial charge < -0.3 is 5.32 Å². The summed E-state index contributed by atoms with van der Waals surface area (Å²) < 4.78 is 39.0. The first-order valence-electron chi connectivity index (χ1n) is 8.22. The highest BCUT2D eigenvalue weighted by atomic mass is 32.2. The average Bonchev–Trinajstić information content (AvgIpc) is 3.36. The van der Waals surface area contributed by atoms with Crippen LogP contribution in [0.25, 0.3) is 0 Å². The number of hydrogen-bond donors (Lipinski definition) is 1. The average molecular weight is 355 g/mol. The van der Waals surface area contributed by atoms with E-state index >= 15 is 0 Å². The third-order valence-corrected chi connectivity index (χ3v) is 6.75. The van der Waals surface area contributed by atoms with Crippen molar-refractivity contribution < 1.29 is 17.6 Å². The largest absolute Gasteiger partial charge is 0.325 e. The van der Waals surface area contributed by atoms with Crippen molar-refractivity contribution in [2.45, 2.75) is 24.5 Å². The van der Waals surface area contributed by atoms with Crippen LogP contribution >= 0.6 is 0 Å². The Morgan fingerprint density at radius 1 is 1.12 bits per heavy atom. The number of carbonyl (C=O) groups excluding carboxylic acids is 1. The number of hydrogen-bond acceptors (Lipinski definition) is 4. The van der Waals surface area contributed by atoms with Crippen LogP contribution in [0.3, 0.4) is 0 Å². The minimum atomic E-state index is -3.15. The molecule has 8 heteroatoms. The van der Waals surface area contributed by atoms with Crippen LogP contribution in [-0.4, -0.2) is 61.5 Å². The topological polar surface area (TPSA) is 69.7 Å². The Bertz CT molecular complexity index is 689. The van der Waals surface area contributed by atoms with Crippen LogP contribution in [0, 0.1) is 5.82 Å². The molecule has 0 spiro atoms. The molecule has 1 N–H and O–H groups in total. The molecule has 0 unspecified atom stereocenters. The molecular formula is C16H22FN3O3S. The molecule has 2 aliphatic rings. The molecule has 1 saturated carbocycles. The quantitative estimate of drug-likeness (QED) is 0.863. The Morgan fingerprint density at radius 3 is 2.50 bits per heavy atom. The minimum absolute atomic E-state index is 0.180. The molecule has 2 fully saturated rings. The minimum Gasteiger partial charge on any atom is -0.325 e. The third kappa shape index (κ3) is 4.31. The molecule has 1 saturated heterocycles. The molecule has 1 heterocycles. The fraction of sp³-hybridized carbons (Fsp3) is 0.562. The van der Waals surface area contributed by atoms with Gasteiger partial charge in [0.1, 0.15) is 5.82 Å². The highest BCUT2D eigenvalue weighted by Crippen LogP contribution is 2.31. The van der Waals surface area contributed by atoms with Gasteiger partial charge in [0.25, 0.3) is 0 Å². The molecule has 1 aromatic rings. The third-order valence-electron chi connectivity index (χ3n) is 4.35. The summed E-state index contributed by atoms with van der Waals surface area (Å²) >= 11 is 0. The Kier molecular flexibility index (Phi) is 5.17. The highest BCUT2D eigenvalue weighted by Gasteiger charge is 2.40. The van der Waals surface area contributed by atoms with E-state index in [2.05, 4.69) is 5.32 Å². The van der Waals surface area contributed by atoms with Crippen molar-refractivity contribution in [2.24, 2.45) is 0 Å². The Morgan fingerprint density at radius 2 is 1.83 bits per heavy atom. The lowest BCUT2D eigenvalue weighted by atomic mass is 10.3. The fourth-order valence-electron chi connectivity index (χ4n) is 2.87. The molecule has 1 aliphatic carbocycles. The van der Waals surface area contributed by atoms with E-state index in [0.717, 1.165) is 19.3 Å². The molecule has 132 valence electrons. The van der Waals surface area contributed by atoms with Gasteiger partial charge in [0.15, 0.2) is 0 Å². The number of benzene rings is 1. The van der Waals surface area contributed by atoms with Gasteiger partial charge in [0, 0.05) is 25.3 Å². The van der Waals surface area contributed by atoms with E-state index in [0.29, 0.717) is 31.9 Å². The van der Waals surface area contributed by atoms with Crippen molar-refractivity contribution in [2.75, 3.05) is 38.0 Å². The van der Waals surface area contributed by atoms with Crippen molar-refractivity contribution in [3.8, 4) is 0 Å². The molecule has 0 atom stereocenters. The van der Waals surface area contributed by atoms with Crippen LogP contribution in [0.5, 0.6) is 0 Å². The lowest BCUT2D eigenvalue weighted by Crippen LogP contribution is -2.39. The normalized spacial score (nSPS) is 20.5. The monoisotopic (exact) mass is 355 g/mol. The SMILES string of the molecule is O=C(CN1CCCN(S(=O)(=O)C2CC2)CC1)Nc1ccc(F)cc1. The van der Waals surface area contributed by atoms with Crippen LogP contribution in [0.2, 0.25) is 0 Å². The van der Waals surface area contributed by atoms with Gasteiger partial charge in [-0.2, -0.15) is 0 Å². The molecule has 6 nitrogen and oxygen atoms in total. The first kappa shape index (κ1) is 17.3. The summed E-state index contributed by atoms with van der Waals surface area (Å²) in [5.74, 6) is -0.530. The van der Waals surface area contributed by atoms with Crippen LogP contribution in [0.4, 0.5) is 10.1 Å². The molecule has 1 aromatic carbocycles. The predicted molar refractivity (Wildman–Crippen MR) is 89.6 cm³/mol. The summed E-state index contributed by atoms with van der Waals surface area (Å²) in [6.07, 6.45) is 2.25. The number of sulfonamides is 1. The first-order chi connectivity index (χ1) is 11.4. The number of nitrogens with zero attached hydrogens (tertiary/aromatic N) is 2. The second kappa shape index (κ2) is 7.16. The smallest absolute Gasteiger partial charge is 0.238 e. The Balaban J connectivity index is 1.51. The maximum absolute atomic E-state index is 12.9. The zero-order valence-electron chi connectivity index (χ0n) is 13.4. The summed E-state index contributed by atoms with van der Waals surface area (Å²) in [6, 6.07) is 5.61. The fourth-order valence-corrected chi connectivity index (χ4v) is 4.75. The first-order valence-corrected chi connectivity index (χ1v) is 9.72. The van der Waals surface area contributed by atoms with Gasteiger partial charge in [-0.05, 0) is 50.1 Å². The number of carbonyl (C=O) groups is 1. The number of rotatable bonds is 5. The van der Waals surface area contributed by atoms with Crippen LogP contribution in [0.1, 0.15) is 19.3 Å². The summed E-state index contributed by atoms with van der Waals surface area (Å²) in [7, 11) is -3.15. The highest BCUT2D eigenvalue weighted by molar-refractivity contribution is 7.90. The van der Waals surface area contributed by atoms with Gasteiger partial charge in [-0.1, -0.05) is 0 Å². The van der Waals surface area contributed by atoms with E-state index in [4.69, 9.17) is 0 Å². The van der Waals surface area contributed by atoms with Crippen molar-refractivity contribution in [1.82, 2.24) is 9.21 Å². The molecule has 0 aromatic heterocycles. The number of anilines is 1. The molecule has 0 radical (unpaired) electrons. The zero-order chi connectivity index (χ0) is 17.2. The molecule has 1 amide bonds. The summed E-state index contributed by atoms with van der Waals surface area (Å²) in [4.78, 5) is 14.1. The van der Waals surface area contributed by atoms with E-state index in [9.17, 15) is 17.6 Å². The van der Waals surface area contributed by atoms with E-state index < -0.39 is 10.0 Å². The van der Waals surface area contributed by atoms with Crippen LogP contribution in [0.15, 0.2) is 24.3 Å². The van der Waals surface area contributed by atoms with E-state index in [-0.39, 0.29) is 23.5 Å². The Labute approximate surface area is 141 Å². The van der Waals surface area contributed by atoms with E-state index in [1.54, 1.807) is 4.31 Å². The Hall–Kier alpha value is -1.51. The summed E-state index contributed by atoms with van der Waals surface area (Å²) in [6.45, 7) is 2.39. The number of amides is 1. The van der Waals surface area contributed by atoms with Crippen LogP contribution in [-0.2, 0) is 14.8 Å². The van der Waals surface area contributed by atoms with Crippen molar-refractivity contribution in [3.05, 3.63) is 30.1 Å². The molecular weight excluding hydrogens is 333 g/mol. The maximum Gasteiger partial charge on any atom is 0.238 e. The van der Waals surface area contributed by atoms with Crippen molar-refractivity contribution in [1.29, 1.82) is 0 Å².